The topological polar surface area (TPSA) is 41.6 Å². The number of nitrogens with one attached hydrogen (secondary N) is 1. The minimum absolute atomic E-state index is 0.884. The second-order valence-electron chi connectivity index (χ2n) is 2.98. The highest BCUT2D eigenvalue weighted by atomic mass is 15.2. The van der Waals surface area contributed by atoms with Gasteiger partial charge in [0.05, 0.1) is 0 Å². The molecule has 3 heteroatoms. The van der Waals surface area contributed by atoms with Crippen molar-refractivity contribution in [1.82, 2.24) is 15.2 Å². The van der Waals surface area contributed by atoms with Crippen LogP contribution in [0.25, 0.3) is 0 Å². The van der Waals surface area contributed by atoms with E-state index in [1.807, 2.05) is 6.92 Å². The molecule has 54 valence electrons. The maximum absolute atomic E-state index is 4.22. The fraction of sp³-hybridized carbons (Fsp3) is 0.714. The van der Waals surface area contributed by atoms with E-state index in [2.05, 4.69) is 15.2 Å². The van der Waals surface area contributed by atoms with Crippen molar-refractivity contribution in [2.75, 3.05) is 0 Å². The molecule has 0 atom stereocenters. The van der Waals surface area contributed by atoms with Crippen LogP contribution in [-0.4, -0.2) is 15.2 Å². The first-order chi connectivity index (χ1) is 4.84. The molecule has 0 spiro atoms. The largest absolute Gasteiger partial charge is 0.263 e. The van der Waals surface area contributed by atoms with E-state index in [1.54, 1.807) is 0 Å². The average Bonchev–Trinajstić information content (AvgIpc) is 2.59. The Labute approximate surface area is 59.9 Å². The minimum atomic E-state index is 0.884. The van der Waals surface area contributed by atoms with Gasteiger partial charge in [-0.2, -0.15) is 5.10 Å². The number of nitrogens with zero attached hydrogens (tertiary/aromatic N) is 2. The lowest BCUT2D eigenvalue weighted by atomic mass is 10.3. The minimum Gasteiger partial charge on any atom is -0.263 e. The van der Waals surface area contributed by atoms with Crippen LogP contribution in [0, 0.1) is 12.8 Å². The second-order valence-corrected chi connectivity index (χ2v) is 2.98. The number of hydrogen-bond acceptors (Lipinski definition) is 2. The molecule has 0 unspecified atom stereocenters. The second kappa shape index (κ2) is 2.08. The van der Waals surface area contributed by atoms with Crippen LogP contribution in [0.2, 0.25) is 0 Å². The quantitative estimate of drug-likeness (QED) is 0.662. The molecule has 1 N–H and O–H groups in total. The predicted molar refractivity (Wildman–Crippen MR) is 37.5 cm³/mol. The summed E-state index contributed by atoms with van der Waals surface area (Å²) in [7, 11) is 0. The zero-order chi connectivity index (χ0) is 6.97. The molecule has 0 bridgehead atoms. The predicted octanol–water partition coefficient (Wildman–Crippen LogP) is 1.07. The van der Waals surface area contributed by atoms with Crippen molar-refractivity contribution in [2.45, 2.75) is 26.2 Å². The summed E-state index contributed by atoms with van der Waals surface area (Å²) in [6.45, 7) is 1.93. The van der Waals surface area contributed by atoms with Gasteiger partial charge in [0.1, 0.15) is 5.82 Å². The number of rotatable bonds is 2. The lowest BCUT2D eigenvalue weighted by Crippen LogP contribution is -1.89. The SMILES string of the molecule is Cc1nc(CC2CC2)n[nH]1. The van der Waals surface area contributed by atoms with Gasteiger partial charge in [-0.15, -0.1) is 0 Å². The van der Waals surface area contributed by atoms with Gasteiger partial charge in [-0.05, 0) is 25.7 Å². The van der Waals surface area contributed by atoms with Crippen LogP contribution in [0.1, 0.15) is 24.5 Å². The van der Waals surface area contributed by atoms with Crippen molar-refractivity contribution in [1.29, 1.82) is 0 Å². The molecular formula is C7H11N3. The maximum atomic E-state index is 4.22. The fourth-order valence-electron chi connectivity index (χ4n) is 1.06. The van der Waals surface area contributed by atoms with Crippen LogP contribution in [0.3, 0.4) is 0 Å². The van der Waals surface area contributed by atoms with Crippen molar-refractivity contribution in [3.05, 3.63) is 11.6 Å². The van der Waals surface area contributed by atoms with Crippen LogP contribution in [0.5, 0.6) is 0 Å². The van der Waals surface area contributed by atoms with Crippen molar-refractivity contribution < 1.29 is 0 Å². The van der Waals surface area contributed by atoms with E-state index in [0.717, 1.165) is 24.0 Å². The molecule has 1 aliphatic rings. The summed E-state index contributed by atoms with van der Waals surface area (Å²) < 4.78 is 0. The van der Waals surface area contributed by atoms with E-state index in [-0.39, 0.29) is 0 Å². The van der Waals surface area contributed by atoms with Gasteiger partial charge in [-0.3, -0.25) is 5.10 Å². The highest BCUT2D eigenvalue weighted by Gasteiger charge is 2.22. The summed E-state index contributed by atoms with van der Waals surface area (Å²) in [5.41, 5.74) is 0. The summed E-state index contributed by atoms with van der Waals surface area (Å²) >= 11 is 0. The van der Waals surface area contributed by atoms with Crippen LogP contribution >= 0.6 is 0 Å². The fourth-order valence-corrected chi connectivity index (χ4v) is 1.06. The Morgan fingerprint density at radius 1 is 1.60 bits per heavy atom. The Morgan fingerprint density at radius 2 is 2.40 bits per heavy atom. The van der Waals surface area contributed by atoms with E-state index in [0.29, 0.717) is 0 Å². The first-order valence-electron chi connectivity index (χ1n) is 3.72. The van der Waals surface area contributed by atoms with Gasteiger partial charge >= 0.3 is 0 Å². The third kappa shape index (κ3) is 1.17. The molecule has 0 aromatic carbocycles. The molecule has 1 aromatic heterocycles. The Morgan fingerprint density at radius 3 is 2.90 bits per heavy atom. The molecule has 1 aromatic rings. The smallest absolute Gasteiger partial charge is 0.150 e. The van der Waals surface area contributed by atoms with Crippen LogP contribution < -0.4 is 0 Å². The van der Waals surface area contributed by atoms with Crippen molar-refractivity contribution in [3.63, 3.8) is 0 Å². The number of H-pyrrole nitrogens is 1. The molecule has 1 saturated carbocycles. The highest BCUT2D eigenvalue weighted by Crippen LogP contribution is 2.31. The van der Waals surface area contributed by atoms with Gasteiger partial charge in [-0.1, -0.05) is 0 Å². The van der Waals surface area contributed by atoms with Crippen LogP contribution in [-0.2, 0) is 6.42 Å². The van der Waals surface area contributed by atoms with E-state index in [9.17, 15) is 0 Å². The van der Waals surface area contributed by atoms with Crippen LogP contribution in [0.4, 0.5) is 0 Å². The zero-order valence-electron chi connectivity index (χ0n) is 6.09. The van der Waals surface area contributed by atoms with E-state index >= 15 is 0 Å². The third-order valence-electron chi connectivity index (χ3n) is 1.81. The molecule has 1 aliphatic carbocycles. The third-order valence-corrected chi connectivity index (χ3v) is 1.81. The lowest BCUT2D eigenvalue weighted by molar-refractivity contribution is 0.774. The van der Waals surface area contributed by atoms with Gasteiger partial charge in [0.25, 0.3) is 0 Å². The molecule has 3 nitrogen and oxygen atoms in total. The first kappa shape index (κ1) is 5.89. The average molecular weight is 137 g/mol. The zero-order valence-corrected chi connectivity index (χ0v) is 6.09. The van der Waals surface area contributed by atoms with Crippen molar-refractivity contribution in [3.8, 4) is 0 Å². The summed E-state index contributed by atoms with van der Waals surface area (Å²) in [5.74, 6) is 2.80. The highest BCUT2D eigenvalue weighted by molar-refractivity contribution is 4.92. The molecule has 1 fully saturated rings. The Hall–Kier alpha value is -0.860. The number of aryl methyl sites for hydroxylation is 1. The summed E-state index contributed by atoms with van der Waals surface area (Å²) in [4.78, 5) is 4.22. The van der Waals surface area contributed by atoms with Crippen molar-refractivity contribution in [2.24, 2.45) is 5.92 Å². The van der Waals surface area contributed by atoms with Gasteiger partial charge < -0.3 is 0 Å². The number of hydrogen-bond donors (Lipinski definition) is 1. The molecule has 10 heavy (non-hydrogen) atoms. The van der Waals surface area contributed by atoms with Gasteiger partial charge in [0.2, 0.25) is 0 Å². The monoisotopic (exact) mass is 137 g/mol. The number of aromatic nitrogens is 3. The van der Waals surface area contributed by atoms with Crippen molar-refractivity contribution >= 4 is 0 Å². The normalized spacial score (nSPS) is 17.7. The Kier molecular flexibility index (Phi) is 1.22. The standard InChI is InChI=1S/C7H11N3/c1-5-8-7(10-9-5)4-6-2-3-6/h6H,2-4H2,1H3,(H,8,9,10). The first-order valence-corrected chi connectivity index (χ1v) is 3.72. The summed E-state index contributed by atoms with van der Waals surface area (Å²) in [6, 6.07) is 0. The Balaban J connectivity index is 2.03. The van der Waals surface area contributed by atoms with E-state index in [1.165, 1.54) is 12.8 Å². The summed E-state index contributed by atoms with van der Waals surface area (Å²) in [6.07, 6.45) is 3.81. The van der Waals surface area contributed by atoms with Gasteiger partial charge in [-0.25, -0.2) is 4.98 Å². The molecule has 0 radical (unpaired) electrons. The molecule has 1 heterocycles. The van der Waals surface area contributed by atoms with E-state index < -0.39 is 0 Å². The van der Waals surface area contributed by atoms with Crippen LogP contribution in [0.15, 0.2) is 0 Å². The molecular weight excluding hydrogens is 126 g/mol. The molecule has 0 amide bonds. The lowest BCUT2D eigenvalue weighted by Gasteiger charge is -1.85. The molecule has 0 aliphatic heterocycles. The van der Waals surface area contributed by atoms with Gasteiger partial charge in [0.15, 0.2) is 5.82 Å². The number of aromatic amines is 1. The maximum Gasteiger partial charge on any atom is 0.150 e. The molecule has 0 saturated heterocycles. The van der Waals surface area contributed by atoms with Gasteiger partial charge in [0, 0.05) is 6.42 Å². The van der Waals surface area contributed by atoms with E-state index in [4.69, 9.17) is 0 Å². The molecule has 2 rings (SSSR count). The Bertz CT molecular complexity index is 225. The summed E-state index contributed by atoms with van der Waals surface area (Å²) in [5, 5.41) is 6.90.